The first-order valence-corrected chi connectivity index (χ1v) is 11.2. The summed E-state index contributed by atoms with van der Waals surface area (Å²) < 4.78 is 0.909. The number of para-hydroxylation sites is 1. The van der Waals surface area contributed by atoms with Gasteiger partial charge in [-0.05, 0) is 42.8 Å². The lowest BCUT2D eigenvalue weighted by molar-refractivity contribution is 0.0650. The summed E-state index contributed by atoms with van der Waals surface area (Å²) in [6.45, 7) is 1.77. The molecule has 0 bridgehead atoms. The van der Waals surface area contributed by atoms with Gasteiger partial charge in [0.15, 0.2) is 0 Å². The van der Waals surface area contributed by atoms with Crippen molar-refractivity contribution in [1.29, 1.82) is 0 Å². The SMILES string of the molecule is Cc1ccc2c(Cl)c(C(=O)N(CN3C(=O)c4ccccc4C3=O)c3ccccc3)sc2c1. The Balaban J connectivity index is 1.56. The highest BCUT2D eigenvalue weighted by molar-refractivity contribution is 7.21. The van der Waals surface area contributed by atoms with Crippen molar-refractivity contribution < 1.29 is 14.4 Å². The van der Waals surface area contributed by atoms with Gasteiger partial charge in [0.1, 0.15) is 11.5 Å². The highest BCUT2D eigenvalue weighted by Gasteiger charge is 2.37. The van der Waals surface area contributed by atoms with Crippen LogP contribution in [-0.2, 0) is 0 Å². The fourth-order valence-electron chi connectivity index (χ4n) is 3.81. The quantitative estimate of drug-likeness (QED) is 0.363. The molecule has 5 nitrogen and oxygen atoms in total. The Bertz CT molecular complexity index is 1360. The second-order valence-electron chi connectivity index (χ2n) is 7.54. The number of carbonyl (C=O) groups excluding carboxylic acids is 3. The number of benzene rings is 3. The van der Waals surface area contributed by atoms with Crippen LogP contribution in [0.4, 0.5) is 5.69 Å². The maximum Gasteiger partial charge on any atom is 0.271 e. The molecule has 3 aromatic carbocycles. The van der Waals surface area contributed by atoms with Crippen LogP contribution in [0, 0.1) is 6.92 Å². The molecule has 5 rings (SSSR count). The number of nitrogens with zero attached hydrogens (tertiary/aromatic N) is 2. The van der Waals surface area contributed by atoms with Gasteiger partial charge in [-0.3, -0.25) is 24.2 Å². The largest absolute Gasteiger partial charge is 0.289 e. The molecule has 32 heavy (non-hydrogen) atoms. The van der Waals surface area contributed by atoms with Gasteiger partial charge >= 0.3 is 0 Å². The maximum atomic E-state index is 13.7. The van der Waals surface area contributed by atoms with Crippen LogP contribution in [-0.4, -0.2) is 29.3 Å². The first kappa shape index (κ1) is 20.4. The van der Waals surface area contributed by atoms with Gasteiger partial charge in [0, 0.05) is 15.8 Å². The van der Waals surface area contributed by atoms with Crippen molar-refractivity contribution in [1.82, 2.24) is 4.90 Å². The number of amides is 3. The van der Waals surface area contributed by atoms with Crippen molar-refractivity contribution in [2.75, 3.05) is 11.6 Å². The first-order valence-electron chi connectivity index (χ1n) is 9.96. The smallest absolute Gasteiger partial charge is 0.271 e. The molecule has 0 N–H and O–H groups in total. The van der Waals surface area contributed by atoms with E-state index in [1.54, 1.807) is 48.5 Å². The van der Waals surface area contributed by atoms with E-state index in [-0.39, 0.29) is 12.6 Å². The molecule has 1 aliphatic heterocycles. The number of halogens is 1. The molecule has 0 fully saturated rings. The normalized spacial score (nSPS) is 13.0. The van der Waals surface area contributed by atoms with E-state index in [2.05, 4.69) is 0 Å². The Morgan fingerprint density at radius 3 is 2.22 bits per heavy atom. The summed E-state index contributed by atoms with van der Waals surface area (Å²) in [5.41, 5.74) is 2.32. The summed E-state index contributed by atoms with van der Waals surface area (Å²) in [7, 11) is 0. The predicted octanol–water partition coefficient (Wildman–Crippen LogP) is 5.76. The summed E-state index contributed by atoms with van der Waals surface area (Å²) >= 11 is 7.90. The Morgan fingerprint density at radius 1 is 0.938 bits per heavy atom. The number of thiophene rings is 1. The monoisotopic (exact) mass is 460 g/mol. The van der Waals surface area contributed by atoms with Gasteiger partial charge < -0.3 is 0 Å². The van der Waals surface area contributed by atoms with E-state index >= 15 is 0 Å². The average Bonchev–Trinajstić information content (AvgIpc) is 3.26. The summed E-state index contributed by atoms with van der Waals surface area (Å²) in [5.74, 6) is -1.20. The molecule has 4 aromatic rings. The lowest BCUT2D eigenvalue weighted by atomic mass is 10.1. The first-order chi connectivity index (χ1) is 15.5. The number of rotatable bonds is 4. The molecule has 158 valence electrons. The van der Waals surface area contributed by atoms with Crippen molar-refractivity contribution in [3.8, 4) is 0 Å². The Morgan fingerprint density at radius 2 is 1.56 bits per heavy atom. The molecule has 0 unspecified atom stereocenters. The summed E-state index contributed by atoms with van der Waals surface area (Å²) in [5, 5.41) is 1.18. The second kappa shape index (κ2) is 7.89. The van der Waals surface area contributed by atoms with E-state index in [1.807, 2.05) is 31.2 Å². The Hall–Kier alpha value is -3.48. The summed E-state index contributed by atoms with van der Waals surface area (Å²) in [6, 6.07) is 21.5. The molecule has 1 aromatic heterocycles. The molecular formula is C25H17ClN2O3S. The van der Waals surface area contributed by atoms with Crippen LogP contribution in [0.25, 0.3) is 10.1 Å². The second-order valence-corrected chi connectivity index (χ2v) is 8.97. The van der Waals surface area contributed by atoms with Gasteiger partial charge in [0.05, 0.1) is 16.1 Å². The van der Waals surface area contributed by atoms with Crippen LogP contribution < -0.4 is 4.90 Å². The molecule has 0 saturated carbocycles. The fraction of sp³-hybridized carbons (Fsp3) is 0.0800. The number of carbonyl (C=O) groups is 3. The molecule has 2 heterocycles. The number of aryl methyl sites for hydroxylation is 1. The van der Waals surface area contributed by atoms with E-state index in [4.69, 9.17) is 11.6 Å². The summed E-state index contributed by atoms with van der Waals surface area (Å²) in [6.07, 6.45) is 0. The lowest BCUT2D eigenvalue weighted by Gasteiger charge is -2.26. The zero-order valence-corrected chi connectivity index (χ0v) is 18.6. The minimum absolute atomic E-state index is 0.210. The zero-order chi connectivity index (χ0) is 22.4. The lowest BCUT2D eigenvalue weighted by Crippen LogP contribution is -2.44. The highest BCUT2D eigenvalue weighted by Crippen LogP contribution is 2.37. The van der Waals surface area contributed by atoms with Gasteiger partial charge in [-0.15, -0.1) is 11.3 Å². The fourth-order valence-corrected chi connectivity index (χ4v) is 5.37. The maximum absolute atomic E-state index is 13.7. The summed E-state index contributed by atoms with van der Waals surface area (Å²) in [4.78, 5) is 42.4. The van der Waals surface area contributed by atoms with Gasteiger partial charge in [-0.1, -0.05) is 54.1 Å². The minimum atomic E-state index is -0.419. The Labute approximate surface area is 193 Å². The van der Waals surface area contributed by atoms with Gasteiger partial charge in [-0.2, -0.15) is 0 Å². The standard InChI is InChI=1S/C25H17ClN2O3S/c1-15-11-12-19-20(13-15)32-22(21(19)26)25(31)27(16-7-3-2-4-8-16)14-28-23(29)17-9-5-6-10-18(17)24(28)30/h2-13H,14H2,1H3. The van der Waals surface area contributed by atoms with Crippen molar-refractivity contribution in [3.05, 3.63) is 99.4 Å². The van der Waals surface area contributed by atoms with Gasteiger partial charge in [0.25, 0.3) is 17.7 Å². The minimum Gasteiger partial charge on any atom is -0.289 e. The molecule has 7 heteroatoms. The molecule has 0 aliphatic carbocycles. The van der Waals surface area contributed by atoms with Gasteiger partial charge in [-0.25, -0.2) is 0 Å². The van der Waals surface area contributed by atoms with Crippen LogP contribution in [0.5, 0.6) is 0 Å². The van der Waals surface area contributed by atoms with Crippen molar-refractivity contribution in [2.24, 2.45) is 0 Å². The third-order valence-electron chi connectivity index (χ3n) is 5.45. The highest BCUT2D eigenvalue weighted by atomic mass is 35.5. The van der Waals surface area contributed by atoms with E-state index in [0.29, 0.717) is 26.7 Å². The molecule has 0 saturated heterocycles. The number of anilines is 1. The molecular weight excluding hydrogens is 444 g/mol. The molecule has 0 spiro atoms. The van der Waals surface area contributed by atoms with Gasteiger partial charge in [0.2, 0.25) is 0 Å². The van der Waals surface area contributed by atoms with Crippen molar-refractivity contribution >= 4 is 56.4 Å². The Kier molecular flexibility index (Phi) is 5.04. The van der Waals surface area contributed by atoms with Crippen molar-refractivity contribution in [3.63, 3.8) is 0 Å². The number of imide groups is 1. The van der Waals surface area contributed by atoms with E-state index in [0.717, 1.165) is 20.5 Å². The van der Waals surface area contributed by atoms with Crippen molar-refractivity contribution in [2.45, 2.75) is 6.92 Å². The van der Waals surface area contributed by atoms with E-state index in [1.165, 1.54) is 16.2 Å². The molecule has 0 radical (unpaired) electrons. The van der Waals surface area contributed by atoms with Crippen LogP contribution in [0.15, 0.2) is 72.8 Å². The van der Waals surface area contributed by atoms with Crippen LogP contribution >= 0.6 is 22.9 Å². The van der Waals surface area contributed by atoms with E-state index in [9.17, 15) is 14.4 Å². The number of fused-ring (bicyclic) bond motifs is 2. The topological polar surface area (TPSA) is 57.7 Å². The average molecular weight is 461 g/mol. The van der Waals surface area contributed by atoms with Crippen LogP contribution in [0.2, 0.25) is 5.02 Å². The third kappa shape index (κ3) is 3.28. The predicted molar refractivity (Wildman–Crippen MR) is 127 cm³/mol. The van der Waals surface area contributed by atoms with E-state index < -0.39 is 11.8 Å². The third-order valence-corrected chi connectivity index (χ3v) is 7.10. The van der Waals surface area contributed by atoms with Crippen LogP contribution in [0.1, 0.15) is 36.0 Å². The molecule has 0 atom stereocenters. The molecule has 3 amide bonds. The number of hydrogen-bond acceptors (Lipinski definition) is 4. The van der Waals surface area contributed by atoms with Crippen LogP contribution in [0.3, 0.4) is 0 Å². The molecule has 1 aliphatic rings. The number of hydrogen-bond donors (Lipinski definition) is 0. The zero-order valence-electron chi connectivity index (χ0n) is 17.0.